The van der Waals surface area contributed by atoms with Gasteiger partial charge >= 0.3 is 0 Å². The average molecular weight is 227 g/mol. The number of hydrogen-bond donors (Lipinski definition) is 1. The van der Waals surface area contributed by atoms with Crippen LogP contribution in [0.4, 0.5) is 0 Å². The molecule has 0 fully saturated rings. The molecule has 16 heavy (non-hydrogen) atoms. The first-order valence-corrected chi connectivity index (χ1v) is 5.53. The number of nitrogens with one attached hydrogen (secondary N) is 1. The van der Waals surface area contributed by atoms with Gasteiger partial charge < -0.3 is 14.8 Å². The van der Waals surface area contributed by atoms with Gasteiger partial charge in [0, 0.05) is 32.9 Å². The molecule has 0 aliphatic carbocycles. The first-order valence-electron chi connectivity index (χ1n) is 5.53. The Hall–Kier alpha value is -0.910. The topological polar surface area (TPSA) is 48.3 Å². The Balaban J connectivity index is 2.11. The summed E-state index contributed by atoms with van der Waals surface area (Å²) in [6, 6.07) is 2.31. The average Bonchev–Trinajstić information content (AvgIpc) is 2.69. The first-order chi connectivity index (χ1) is 7.75. The Kier molecular flexibility index (Phi) is 6.07. The molecule has 1 rings (SSSR count). The summed E-state index contributed by atoms with van der Waals surface area (Å²) in [7, 11) is 3.62. The van der Waals surface area contributed by atoms with Crippen LogP contribution in [0.15, 0.2) is 12.3 Å². The van der Waals surface area contributed by atoms with Gasteiger partial charge in [0.25, 0.3) is 0 Å². The van der Waals surface area contributed by atoms with E-state index < -0.39 is 0 Å². The molecule has 0 aliphatic heterocycles. The number of hydrogen-bond acceptors (Lipinski definition) is 4. The maximum Gasteiger partial charge on any atom is 0.0700 e. The summed E-state index contributed by atoms with van der Waals surface area (Å²) in [5.41, 5.74) is 1.18. The van der Waals surface area contributed by atoms with Crippen molar-refractivity contribution >= 4 is 0 Å². The van der Waals surface area contributed by atoms with E-state index in [0.29, 0.717) is 25.9 Å². The highest BCUT2D eigenvalue weighted by atomic mass is 16.5. The molecule has 1 atom stereocenters. The van der Waals surface area contributed by atoms with Crippen LogP contribution in [0.3, 0.4) is 0 Å². The molecule has 1 unspecified atom stereocenters. The van der Waals surface area contributed by atoms with Gasteiger partial charge in [-0.15, -0.1) is 0 Å². The Morgan fingerprint density at radius 2 is 2.25 bits per heavy atom. The zero-order valence-electron chi connectivity index (χ0n) is 10.3. The molecule has 92 valence electrons. The lowest BCUT2D eigenvalue weighted by molar-refractivity contribution is 0.0711. The van der Waals surface area contributed by atoms with Crippen LogP contribution in [0.1, 0.15) is 18.7 Å². The van der Waals surface area contributed by atoms with Gasteiger partial charge in [-0.3, -0.25) is 4.68 Å². The van der Waals surface area contributed by atoms with Gasteiger partial charge in [0.1, 0.15) is 0 Å². The zero-order valence-corrected chi connectivity index (χ0v) is 10.3. The second kappa shape index (κ2) is 7.38. The Labute approximate surface area is 96.7 Å². The highest BCUT2D eigenvalue weighted by Crippen LogP contribution is 2.09. The second-order valence-electron chi connectivity index (χ2n) is 3.66. The van der Waals surface area contributed by atoms with Gasteiger partial charge in [0.2, 0.25) is 0 Å². The van der Waals surface area contributed by atoms with Gasteiger partial charge in [-0.05, 0) is 13.0 Å². The fraction of sp³-hybridized carbons (Fsp3) is 0.727. The minimum Gasteiger partial charge on any atom is -0.382 e. The van der Waals surface area contributed by atoms with E-state index in [1.165, 1.54) is 5.69 Å². The van der Waals surface area contributed by atoms with Crippen molar-refractivity contribution in [3.8, 4) is 0 Å². The monoisotopic (exact) mass is 227 g/mol. The van der Waals surface area contributed by atoms with Crippen molar-refractivity contribution in [1.29, 1.82) is 0 Å². The van der Waals surface area contributed by atoms with Gasteiger partial charge in [-0.2, -0.15) is 5.10 Å². The predicted molar refractivity (Wildman–Crippen MR) is 62.3 cm³/mol. The van der Waals surface area contributed by atoms with E-state index in [1.807, 2.05) is 24.0 Å². The molecule has 1 aromatic heterocycles. The molecule has 0 saturated carbocycles. The molecule has 1 heterocycles. The summed E-state index contributed by atoms with van der Waals surface area (Å²) >= 11 is 0. The molecule has 0 spiro atoms. The van der Waals surface area contributed by atoms with E-state index >= 15 is 0 Å². The summed E-state index contributed by atoms with van der Waals surface area (Å²) in [5.74, 6) is 0. The van der Waals surface area contributed by atoms with E-state index in [9.17, 15) is 0 Å². The van der Waals surface area contributed by atoms with Crippen LogP contribution in [-0.4, -0.2) is 43.3 Å². The van der Waals surface area contributed by atoms with E-state index in [2.05, 4.69) is 17.3 Å². The lowest BCUT2D eigenvalue weighted by atomic mass is 10.2. The van der Waals surface area contributed by atoms with E-state index in [-0.39, 0.29) is 0 Å². The molecule has 0 bridgehead atoms. The van der Waals surface area contributed by atoms with Gasteiger partial charge in [0.05, 0.1) is 25.5 Å². The summed E-state index contributed by atoms with van der Waals surface area (Å²) in [6.07, 6.45) is 1.81. The number of methoxy groups -OCH3 is 1. The van der Waals surface area contributed by atoms with Crippen LogP contribution in [0.2, 0.25) is 0 Å². The zero-order chi connectivity index (χ0) is 11.8. The van der Waals surface area contributed by atoms with Gasteiger partial charge in [0.15, 0.2) is 0 Å². The van der Waals surface area contributed by atoms with E-state index in [0.717, 1.165) is 6.54 Å². The fourth-order valence-electron chi connectivity index (χ4n) is 1.51. The lowest BCUT2D eigenvalue weighted by Crippen LogP contribution is -2.25. The second-order valence-corrected chi connectivity index (χ2v) is 3.66. The van der Waals surface area contributed by atoms with E-state index in [4.69, 9.17) is 9.47 Å². The Morgan fingerprint density at radius 1 is 1.44 bits per heavy atom. The van der Waals surface area contributed by atoms with Crippen molar-refractivity contribution in [2.24, 2.45) is 7.05 Å². The Morgan fingerprint density at radius 3 is 2.88 bits per heavy atom. The summed E-state index contributed by atoms with van der Waals surface area (Å²) in [5, 5.41) is 7.51. The standard InChI is InChI=1S/C11H21N3O2/c1-10(11-4-5-13-14(11)2)12-6-7-16-9-8-15-3/h4-5,10,12H,6-9H2,1-3H3. The molecule has 1 aromatic rings. The molecule has 5 nitrogen and oxygen atoms in total. The minimum atomic E-state index is 0.290. The molecule has 0 amide bonds. The SMILES string of the molecule is COCCOCCNC(C)c1ccnn1C. The van der Waals surface area contributed by atoms with Crippen LogP contribution >= 0.6 is 0 Å². The van der Waals surface area contributed by atoms with Crippen LogP contribution in [-0.2, 0) is 16.5 Å². The minimum absolute atomic E-state index is 0.290. The molecule has 1 N–H and O–H groups in total. The van der Waals surface area contributed by atoms with Crippen LogP contribution in [0, 0.1) is 0 Å². The van der Waals surface area contributed by atoms with Crippen LogP contribution < -0.4 is 5.32 Å². The van der Waals surface area contributed by atoms with Crippen LogP contribution in [0.5, 0.6) is 0 Å². The molecule has 0 aromatic carbocycles. The number of aryl methyl sites for hydroxylation is 1. The van der Waals surface area contributed by atoms with Crippen molar-refractivity contribution in [2.45, 2.75) is 13.0 Å². The third-order valence-electron chi connectivity index (χ3n) is 2.43. The highest BCUT2D eigenvalue weighted by Gasteiger charge is 2.07. The normalized spacial score (nSPS) is 12.9. The van der Waals surface area contributed by atoms with Gasteiger partial charge in [-0.1, -0.05) is 0 Å². The number of ether oxygens (including phenoxy) is 2. The molecule has 5 heteroatoms. The third-order valence-corrected chi connectivity index (χ3v) is 2.43. The number of rotatable bonds is 8. The molecular weight excluding hydrogens is 206 g/mol. The highest BCUT2D eigenvalue weighted by molar-refractivity contribution is 5.04. The Bertz CT molecular complexity index is 289. The van der Waals surface area contributed by atoms with Crippen molar-refractivity contribution in [2.75, 3.05) is 33.5 Å². The third kappa shape index (κ3) is 4.30. The van der Waals surface area contributed by atoms with Crippen molar-refractivity contribution in [3.63, 3.8) is 0 Å². The first kappa shape index (κ1) is 13.2. The van der Waals surface area contributed by atoms with Crippen molar-refractivity contribution < 1.29 is 9.47 Å². The van der Waals surface area contributed by atoms with Crippen molar-refractivity contribution in [1.82, 2.24) is 15.1 Å². The largest absolute Gasteiger partial charge is 0.382 e. The van der Waals surface area contributed by atoms with E-state index in [1.54, 1.807) is 7.11 Å². The number of nitrogens with zero attached hydrogens (tertiary/aromatic N) is 2. The number of aromatic nitrogens is 2. The lowest BCUT2D eigenvalue weighted by Gasteiger charge is -2.14. The smallest absolute Gasteiger partial charge is 0.0700 e. The maximum atomic E-state index is 5.36. The molecule has 0 aliphatic rings. The maximum absolute atomic E-state index is 5.36. The van der Waals surface area contributed by atoms with Crippen LogP contribution in [0.25, 0.3) is 0 Å². The summed E-state index contributed by atoms with van der Waals surface area (Å²) in [6.45, 7) is 4.95. The summed E-state index contributed by atoms with van der Waals surface area (Å²) in [4.78, 5) is 0. The van der Waals surface area contributed by atoms with Crippen molar-refractivity contribution in [3.05, 3.63) is 18.0 Å². The molecule has 0 radical (unpaired) electrons. The molecular formula is C11H21N3O2. The quantitative estimate of drug-likeness (QED) is 0.665. The van der Waals surface area contributed by atoms with Gasteiger partial charge in [-0.25, -0.2) is 0 Å². The summed E-state index contributed by atoms with van der Waals surface area (Å²) < 4.78 is 12.1. The predicted octanol–water partition coefficient (Wildman–Crippen LogP) is 0.734. The molecule has 0 saturated heterocycles. The fourth-order valence-corrected chi connectivity index (χ4v) is 1.51.